The van der Waals surface area contributed by atoms with Crippen molar-refractivity contribution >= 4 is 17.7 Å². The lowest BCUT2D eigenvalue weighted by atomic mass is 9.93. The van der Waals surface area contributed by atoms with Crippen LogP contribution in [0.4, 0.5) is 14.9 Å². The summed E-state index contributed by atoms with van der Waals surface area (Å²) in [5.41, 5.74) is -0.485. The second kappa shape index (κ2) is 5.11. The van der Waals surface area contributed by atoms with E-state index in [0.717, 1.165) is 12.5 Å². The molecule has 1 aromatic carbocycles. The van der Waals surface area contributed by atoms with Crippen LogP contribution in [0.3, 0.4) is 0 Å². The lowest BCUT2D eigenvalue weighted by Gasteiger charge is -2.20. The highest BCUT2D eigenvalue weighted by atomic mass is 19.1. The van der Waals surface area contributed by atoms with Gasteiger partial charge < -0.3 is 15.3 Å². The van der Waals surface area contributed by atoms with E-state index in [1.54, 1.807) is 4.90 Å². The van der Waals surface area contributed by atoms with Crippen molar-refractivity contribution in [2.45, 2.75) is 20.3 Å². The minimum atomic E-state index is -1.40. The van der Waals surface area contributed by atoms with Crippen molar-refractivity contribution < 1.29 is 19.1 Å². The molecule has 0 saturated carbocycles. The number of nitrogens with zero attached hydrogens (tertiary/aromatic N) is 1. The van der Waals surface area contributed by atoms with Gasteiger partial charge in [0, 0.05) is 13.1 Å². The summed E-state index contributed by atoms with van der Waals surface area (Å²) < 4.78 is 13.5. The van der Waals surface area contributed by atoms with Crippen molar-refractivity contribution in [3.63, 3.8) is 0 Å². The fraction of sp³-hybridized carbons (Fsp3) is 0.429. The van der Waals surface area contributed by atoms with E-state index >= 15 is 0 Å². The highest BCUT2D eigenvalue weighted by Crippen LogP contribution is 2.29. The van der Waals surface area contributed by atoms with Crippen LogP contribution >= 0.6 is 0 Å². The number of carboxylic acid groups (broad SMARTS) is 1. The van der Waals surface area contributed by atoms with Gasteiger partial charge in [0.25, 0.3) is 0 Å². The van der Waals surface area contributed by atoms with E-state index in [9.17, 15) is 14.0 Å². The average molecular weight is 280 g/mol. The maximum absolute atomic E-state index is 13.5. The Morgan fingerprint density at radius 3 is 2.65 bits per heavy atom. The Morgan fingerprint density at radius 1 is 1.40 bits per heavy atom. The standard InChI is InChI=1S/C14H17FN2O3/c1-14(2)6-7-17(8-14)13(20)16-10-5-3-4-9(15)11(10)12(18)19/h3-5H,6-8H2,1-2H3,(H,16,20)(H,18,19). The molecule has 2 amide bonds. The van der Waals surface area contributed by atoms with Crippen molar-refractivity contribution in [1.29, 1.82) is 0 Å². The lowest BCUT2D eigenvalue weighted by Crippen LogP contribution is -2.34. The number of amides is 2. The molecule has 1 saturated heterocycles. The van der Waals surface area contributed by atoms with Crippen molar-refractivity contribution in [1.82, 2.24) is 4.90 Å². The van der Waals surface area contributed by atoms with Crippen LogP contribution < -0.4 is 5.32 Å². The van der Waals surface area contributed by atoms with Crippen LogP contribution in [0.5, 0.6) is 0 Å². The molecule has 0 bridgehead atoms. The van der Waals surface area contributed by atoms with Gasteiger partial charge in [0.2, 0.25) is 0 Å². The summed E-state index contributed by atoms with van der Waals surface area (Å²) in [5.74, 6) is -2.27. The van der Waals surface area contributed by atoms with Crippen LogP contribution in [-0.4, -0.2) is 35.1 Å². The quantitative estimate of drug-likeness (QED) is 0.875. The maximum atomic E-state index is 13.5. The molecule has 108 valence electrons. The van der Waals surface area contributed by atoms with Gasteiger partial charge in [-0.1, -0.05) is 19.9 Å². The van der Waals surface area contributed by atoms with Gasteiger partial charge in [-0.25, -0.2) is 14.0 Å². The number of carboxylic acids is 1. The Hall–Kier alpha value is -2.11. The summed E-state index contributed by atoms with van der Waals surface area (Å²) >= 11 is 0. The number of rotatable bonds is 2. The molecule has 0 radical (unpaired) electrons. The van der Waals surface area contributed by atoms with Gasteiger partial charge in [0.15, 0.2) is 0 Å². The van der Waals surface area contributed by atoms with Crippen molar-refractivity contribution in [3.05, 3.63) is 29.6 Å². The molecular formula is C14H17FN2O3. The number of carbonyl (C=O) groups excluding carboxylic acids is 1. The zero-order chi connectivity index (χ0) is 14.9. The lowest BCUT2D eigenvalue weighted by molar-refractivity contribution is 0.0693. The molecule has 5 nitrogen and oxygen atoms in total. The second-order valence-corrected chi connectivity index (χ2v) is 5.73. The molecule has 0 spiro atoms. The second-order valence-electron chi connectivity index (χ2n) is 5.73. The number of halogens is 1. The van der Waals surface area contributed by atoms with Gasteiger partial charge in [0.05, 0.1) is 5.69 Å². The first-order chi connectivity index (χ1) is 9.30. The van der Waals surface area contributed by atoms with E-state index in [1.165, 1.54) is 12.1 Å². The van der Waals surface area contributed by atoms with E-state index < -0.39 is 23.4 Å². The zero-order valence-electron chi connectivity index (χ0n) is 11.4. The molecule has 2 N–H and O–H groups in total. The summed E-state index contributed by atoms with van der Waals surface area (Å²) in [4.78, 5) is 24.7. The Kier molecular flexibility index (Phi) is 3.65. The van der Waals surface area contributed by atoms with E-state index in [2.05, 4.69) is 19.2 Å². The van der Waals surface area contributed by atoms with Crippen molar-refractivity contribution in [3.8, 4) is 0 Å². The monoisotopic (exact) mass is 280 g/mol. The van der Waals surface area contributed by atoms with E-state index in [0.29, 0.717) is 13.1 Å². The topological polar surface area (TPSA) is 69.6 Å². The molecule has 6 heteroatoms. The molecule has 2 rings (SSSR count). The summed E-state index contributed by atoms with van der Waals surface area (Å²) in [6.07, 6.45) is 0.884. The molecule has 1 aliphatic rings. The number of carbonyl (C=O) groups is 2. The third-order valence-electron chi connectivity index (χ3n) is 3.43. The van der Waals surface area contributed by atoms with Gasteiger partial charge in [-0.3, -0.25) is 0 Å². The highest BCUT2D eigenvalue weighted by molar-refractivity contribution is 6.00. The molecule has 1 aliphatic heterocycles. The number of benzene rings is 1. The van der Waals surface area contributed by atoms with Crippen LogP contribution in [0, 0.1) is 11.2 Å². The van der Waals surface area contributed by atoms with Crippen molar-refractivity contribution in [2.24, 2.45) is 5.41 Å². The predicted molar refractivity (Wildman–Crippen MR) is 72.3 cm³/mol. The molecule has 20 heavy (non-hydrogen) atoms. The smallest absolute Gasteiger partial charge is 0.340 e. The molecule has 1 heterocycles. The van der Waals surface area contributed by atoms with Crippen LogP contribution in [0.1, 0.15) is 30.6 Å². The molecular weight excluding hydrogens is 263 g/mol. The highest BCUT2D eigenvalue weighted by Gasteiger charge is 2.32. The van der Waals surface area contributed by atoms with E-state index in [1.807, 2.05) is 0 Å². The third kappa shape index (κ3) is 2.89. The van der Waals surface area contributed by atoms with Crippen LogP contribution in [0.2, 0.25) is 0 Å². The number of hydrogen-bond acceptors (Lipinski definition) is 2. The summed E-state index contributed by atoms with van der Waals surface area (Å²) in [6.45, 7) is 5.32. The molecule has 1 fully saturated rings. The van der Waals surface area contributed by atoms with Crippen LogP contribution in [-0.2, 0) is 0 Å². The molecule has 0 aliphatic carbocycles. The van der Waals surface area contributed by atoms with Crippen LogP contribution in [0.15, 0.2) is 18.2 Å². The molecule has 0 atom stereocenters. The number of urea groups is 1. The first-order valence-electron chi connectivity index (χ1n) is 6.38. The Morgan fingerprint density at radius 2 is 2.10 bits per heavy atom. The minimum absolute atomic E-state index is 0.0211. The number of aromatic carboxylic acids is 1. The molecule has 0 aromatic heterocycles. The first-order valence-corrected chi connectivity index (χ1v) is 6.38. The summed E-state index contributed by atoms with van der Waals surface area (Å²) in [7, 11) is 0. The van der Waals surface area contributed by atoms with Gasteiger partial charge in [-0.2, -0.15) is 0 Å². The number of anilines is 1. The summed E-state index contributed by atoms with van der Waals surface area (Å²) in [6, 6.07) is 3.40. The number of likely N-dealkylation sites (tertiary alicyclic amines) is 1. The SMILES string of the molecule is CC1(C)CCN(C(=O)Nc2cccc(F)c2C(=O)O)C1. The Labute approximate surface area is 116 Å². The number of nitrogens with one attached hydrogen (secondary N) is 1. The first kappa shape index (κ1) is 14.3. The Balaban J connectivity index is 2.17. The van der Waals surface area contributed by atoms with Gasteiger partial charge in [0.1, 0.15) is 11.4 Å². The maximum Gasteiger partial charge on any atom is 0.340 e. The molecule has 1 aromatic rings. The minimum Gasteiger partial charge on any atom is -0.478 e. The fourth-order valence-corrected chi connectivity index (χ4v) is 2.33. The Bertz CT molecular complexity index is 557. The summed E-state index contributed by atoms with van der Waals surface area (Å²) in [5, 5.41) is 11.5. The number of hydrogen-bond donors (Lipinski definition) is 2. The molecule has 0 unspecified atom stereocenters. The van der Waals surface area contributed by atoms with E-state index in [-0.39, 0.29) is 11.1 Å². The van der Waals surface area contributed by atoms with Crippen LogP contribution in [0.25, 0.3) is 0 Å². The third-order valence-corrected chi connectivity index (χ3v) is 3.43. The van der Waals surface area contributed by atoms with E-state index in [4.69, 9.17) is 5.11 Å². The zero-order valence-corrected chi connectivity index (χ0v) is 11.4. The van der Waals surface area contributed by atoms with Gasteiger partial charge >= 0.3 is 12.0 Å². The normalized spacial score (nSPS) is 17.1. The van der Waals surface area contributed by atoms with Crippen molar-refractivity contribution in [2.75, 3.05) is 18.4 Å². The van der Waals surface area contributed by atoms with Gasteiger partial charge in [-0.05, 0) is 24.0 Å². The van der Waals surface area contributed by atoms with Gasteiger partial charge in [-0.15, -0.1) is 0 Å². The largest absolute Gasteiger partial charge is 0.478 e. The fourth-order valence-electron chi connectivity index (χ4n) is 2.33. The average Bonchev–Trinajstić information content (AvgIpc) is 2.69. The predicted octanol–water partition coefficient (Wildman–Crippen LogP) is 2.79.